The fourth-order valence-corrected chi connectivity index (χ4v) is 1.07. The van der Waals surface area contributed by atoms with Gasteiger partial charge in [-0.15, -0.1) is 6.58 Å². The van der Waals surface area contributed by atoms with Gasteiger partial charge in [-0.05, 0) is 19.3 Å². The molecule has 4 heteroatoms. The summed E-state index contributed by atoms with van der Waals surface area (Å²) >= 11 is 0. The standard InChI is InChI=1S/C11H20O4/c1-3-8-15-11(14)7-5-6-10(13)9(12)4-2/h4,9-10,12-13H,2-3,5-8H2,1H3/t9-,10+/m1/s1. The molecule has 0 unspecified atom stereocenters. The molecule has 0 aliphatic heterocycles. The second-order valence-electron chi connectivity index (χ2n) is 3.41. The predicted octanol–water partition coefficient (Wildman–Crippen LogP) is 1.02. The first kappa shape index (κ1) is 14.1. The highest BCUT2D eigenvalue weighted by molar-refractivity contribution is 5.69. The highest BCUT2D eigenvalue weighted by Crippen LogP contribution is 2.06. The Bertz CT molecular complexity index is 191. The van der Waals surface area contributed by atoms with Crippen LogP contribution in [0.2, 0.25) is 0 Å². The summed E-state index contributed by atoms with van der Waals surface area (Å²) in [7, 11) is 0. The van der Waals surface area contributed by atoms with Gasteiger partial charge in [0.2, 0.25) is 0 Å². The molecule has 0 aromatic rings. The first-order chi connectivity index (χ1) is 7.11. The van der Waals surface area contributed by atoms with Crippen molar-refractivity contribution in [3.8, 4) is 0 Å². The summed E-state index contributed by atoms with van der Waals surface area (Å²) in [5.41, 5.74) is 0. The second kappa shape index (κ2) is 8.44. The van der Waals surface area contributed by atoms with Crippen LogP contribution in [0.4, 0.5) is 0 Å². The van der Waals surface area contributed by atoms with Gasteiger partial charge in [-0.1, -0.05) is 13.0 Å². The molecule has 0 aromatic heterocycles. The first-order valence-electron chi connectivity index (χ1n) is 5.26. The topological polar surface area (TPSA) is 66.8 Å². The van der Waals surface area contributed by atoms with Gasteiger partial charge in [-0.25, -0.2) is 0 Å². The zero-order valence-corrected chi connectivity index (χ0v) is 9.19. The van der Waals surface area contributed by atoms with Gasteiger partial charge in [0, 0.05) is 6.42 Å². The number of carbonyl (C=O) groups excluding carboxylic acids is 1. The van der Waals surface area contributed by atoms with Crippen LogP contribution in [0.25, 0.3) is 0 Å². The molecule has 0 radical (unpaired) electrons. The van der Waals surface area contributed by atoms with Crippen LogP contribution in [0.1, 0.15) is 32.6 Å². The summed E-state index contributed by atoms with van der Waals surface area (Å²) in [4.78, 5) is 11.0. The van der Waals surface area contributed by atoms with Crippen molar-refractivity contribution in [2.45, 2.75) is 44.8 Å². The third-order valence-electron chi connectivity index (χ3n) is 1.98. The van der Waals surface area contributed by atoms with E-state index in [-0.39, 0.29) is 12.4 Å². The number of hydrogen-bond acceptors (Lipinski definition) is 4. The van der Waals surface area contributed by atoms with Crippen LogP contribution in [0.15, 0.2) is 12.7 Å². The van der Waals surface area contributed by atoms with Gasteiger partial charge in [0.15, 0.2) is 0 Å². The molecule has 2 N–H and O–H groups in total. The first-order valence-corrected chi connectivity index (χ1v) is 5.26. The summed E-state index contributed by atoms with van der Waals surface area (Å²) in [6.45, 7) is 5.73. The Labute approximate surface area is 90.6 Å². The van der Waals surface area contributed by atoms with Gasteiger partial charge in [-0.2, -0.15) is 0 Å². The summed E-state index contributed by atoms with van der Waals surface area (Å²) < 4.78 is 4.86. The molecule has 0 rings (SSSR count). The lowest BCUT2D eigenvalue weighted by Gasteiger charge is -2.13. The lowest BCUT2D eigenvalue weighted by Crippen LogP contribution is -2.23. The minimum atomic E-state index is -0.920. The second-order valence-corrected chi connectivity index (χ2v) is 3.41. The zero-order valence-electron chi connectivity index (χ0n) is 9.19. The largest absolute Gasteiger partial charge is 0.466 e. The maximum atomic E-state index is 11.0. The van der Waals surface area contributed by atoms with Crippen molar-refractivity contribution in [2.24, 2.45) is 0 Å². The van der Waals surface area contributed by atoms with Crippen molar-refractivity contribution in [1.29, 1.82) is 0 Å². The van der Waals surface area contributed by atoms with Crippen molar-refractivity contribution >= 4 is 5.97 Å². The number of hydrogen-bond donors (Lipinski definition) is 2. The molecule has 88 valence electrons. The molecule has 0 aliphatic carbocycles. The van der Waals surface area contributed by atoms with Crippen LogP contribution in [0, 0.1) is 0 Å². The molecule has 0 heterocycles. The molecule has 0 saturated heterocycles. The van der Waals surface area contributed by atoms with Crippen LogP contribution >= 0.6 is 0 Å². The van der Waals surface area contributed by atoms with Crippen molar-refractivity contribution in [3.63, 3.8) is 0 Å². The highest BCUT2D eigenvalue weighted by atomic mass is 16.5. The van der Waals surface area contributed by atoms with E-state index >= 15 is 0 Å². The van der Waals surface area contributed by atoms with Crippen molar-refractivity contribution in [2.75, 3.05) is 6.61 Å². The molecule has 0 spiro atoms. The van der Waals surface area contributed by atoms with Gasteiger partial charge in [0.05, 0.1) is 18.8 Å². The van der Waals surface area contributed by atoms with E-state index in [1.807, 2.05) is 6.92 Å². The van der Waals surface area contributed by atoms with E-state index in [1.165, 1.54) is 6.08 Å². The van der Waals surface area contributed by atoms with E-state index < -0.39 is 12.2 Å². The number of rotatable bonds is 8. The Morgan fingerprint density at radius 2 is 2.20 bits per heavy atom. The number of ether oxygens (including phenoxy) is 1. The van der Waals surface area contributed by atoms with Crippen LogP contribution in [-0.2, 0) is 9.53 Å². The van der Waals surface area contributed by atoms with Crippen molar-refractivity contribution in [3.05, 3.63) is 12.7 Å². The Balaban J connectivity index is 3.52. The smallest absolute Gasteiger partial charge is 0.305 e. The summed E-state index contributed by atoms with van der Waals surface area (Å²) in [6, 6.07) is 0. The van der Waals surface area contributed by atoms with Gasteiger partial charge < -0.3 is 14.9 Å². The zero-order chi connectivity index (χ0) is 11.7. The molecule has 15 heavy (non-hydrogen) atoms. The lowest BCUT2D eigenvalue weighted by molar-refractivity contribution is -0.143. The van der Waals surface area contributed by atoms with Crippen molar-refractivity contribution < 1.29 is 19.7 Å². The Morgan fingerprint density at radius 1 is 1.53 bits per heavy atom. The van der Waals surface area contributed by atoms with Gasteiger partial charge >= 0.3 is 5.97 Å². The molecule has 0 aliphatic rings. The molecular formula is C11H20O4. The van der Waals surface area contributed by atoms with E-state index in [1.54, 1.807) is 0 Å². The normalized spacial score (nSPS) is 14.3. The predicted molar refractivity (Wildman–Crippen MR) is 57.3 cm³/mol. The van der Waals surface area contributed by atoms with E-state index in [2.05, 4.69) is 6.58 Å². The SMILES string of the molecule is C=C[C@@H](O)[C@@H](O)CCCC(=O)OCCC. The number of aliphatic hydroxyl groups is 2. The molecule has 0 bridgehead atoms. The molecule has 0 fully saturated rings. The molecule has 0 amide bonds. The van der Waals surface area contributed by atoms with E-state index in [0.29, 0.717) is 19.4 Å². The summed E-state index contributed by atoms with van der Waals surface area (Å²) in [5.74, 6) is -0.253. The average Bonchev–Trinajstić information content (AvgIpc) is 2.24. The fraction of sp³-hybridized carbons (Fsp3) is 0.727. The minimum Gasteiger partial charge on any atom is -0.466 e. The quantitative estimate of drug-likeness (QED) is 0.469. The molecule has 4 nitrogen and oxygen atoms in total. The Kier molecular flexibility index (Phi) is 7.95. The van der Waals surface area contributed by atoms with Crippen LogP contribution in [-0.4, -0.2) is 35.0 Å². The lowest BCUT2D eigenvalue weighted by atomic mass is 10.1. The van der Waals surface area contributed by atoms with Gasteiger partial charge in [0.1, 0.15) is 0 Å². The Hall–Kier alpha value is -0.870. The van der Waals surface area contributed by atoms with Crippen molar-refractivity contribution in [1.82, 2.24) is 0 Å². The fourth-order valence-electron chi connectivity index (χ4n) is 1.07. The molecule has 0 saturated carbocycles. The van der Waals surface area contributed by atoms with Crippen LogP contribution in [0.5, 0.6) is 0 Å². The van der Waals surface area contributed by atoms with Crippen LogP contribution < -0.4 is 0 Å². The maximum Gasteiger partial charge on any atom is 0.305 e. The average molecular weight is 216 g/mol. The summed E-state index contributed by atoms with van der Waals surface area (Å²) in [5, 5.41) is 18.5. The monoisotopic (exact) mass is 216 g/mol. The third-order valence-corrected chi connectivity index (χ3v) is 1.98. The molecule has 2 atom stereocenters. The van der Waals surface area contributed by atoms with Gasteiger partial charge in [0.25, 0.3) is 0 Å². The highest BCUT2D eigenvalue weighted by Gasteiger charge is 2.13. The van der Waals surface area contributed by atoms with E-state index in [0.717, 1.165) is 6.42 Å². The van der Waals surface area contributed by atoms with Crippen LogP contribution in [0.3, 0.4) is 0 Å². The molecule has 0 aromatic carbocycles. The van der Waals surface area contributed by atoms with E-state index in [9.17, 15) is 9.90 Å². The van der Waals surface area contributed by atoms with E-state index in [4.69, 9.17) is 9.84 Å². The Morgan fingerprint density at radius 3 is 2.73 bits per heavy atom. The minimum absolute atomic E-state index is 0.253. The maximum absolute atomic E-state index is 11.0. The van der Waals surface area contributed by atoms with Gasteiger partial charge in [-0.3, -0.25) is 4.79 Å². The number of carbonyl (C=O) groups is 1. The number of esters is 1. The third kappa shape index (κ3) is 7.11. The number of aliphatic hydroxyl groups excluding tert-OH is 2. The summed E-state index contributed by atoms with van der Waals surface area (Å²) in [6.07, 6.45) is 1.48. The molecular weight excluding hydrogens is 196 g/mol.